The van der Waals surface area contributed by atoms with E-state index in [2.05, 4.69) is 32.0 Å². The molecule has 3 N–H and O–H groups in total. The molecule has 1 heterocycles. The molecule has 1 aromatic heterocycles. The zero-order chi connectivity index (χ0) is 9.64. The van der Waals surface area contributed by atoms with Crippen molar-refractivity contribution in [1.82, 2.24) is 4.98 Å². The van der Waals surface area contributed by atoms with E-state index in [0.29, 0.717) is 5.41 Å². The van der Waals surface area contributed by atoms with Gasteiger partial charge in [-0.3, -0.25) is 0 Å². The van der Waals surface area contributed by atoms with Crippen molar-refractivity contribution >= 4 is 0 Å². The molecule has 0 saturated heterocycles. The Morgan fingerprint density at radius 3 is 2.38 bits per heavy atom. The molecule has 1 unspecified atom stereocenters. The van der Waals surface area contributed by atoms with Crippen LogP contribution in [-0.2, 0) is 5.41 Å². The van der Waals surface area contributed by atoms with Gasteiger partial charge in [-0.05, 0) is 44.7 Å². The Kier molecular flexibility index (Phi) is 1.77. The standard InChI is InChI=1S/C11H18N2/c1-7-6-13-8(2)10(7)11(4-5-11)9(3)12/h6,9,13H,4-5,12H2,1-3H3. The van der Waals surface area contributed by atoms with E-state index in [-0.39, 0.29) is 6.04 Å². The predicted molar refractivity (Wildman–Crippen MR) is 54.8 cm³/mol. The summed E-state index contributed by atoms with van der Waals surface area (Å²) in [5.41, 5.74) is 10.5. The molecule has 2 heteroatoms. The second-order valence-corrected chi connectivity index (χ2v) is 4.42. The number of rotatable bonds is 2. The van der Waals surface area contributed by atoms with Crippen LogP contribution in [0.5, 0.6) is 0 Å². The number of hydrogen-bond acceptors (Lipinski definition) is 1. The van der Waals surface area contributed by atoms with E-state index in [1.54, 1.807) is 0 Å². The summed E-state index contributed by atoms with van der Waals surface area (Å²) in [6.45, 7) is 6.44. The van der Waals surface area contributed by atoms with Gasteiger partial charge in [0.1, 0.15) is 0 Å². The Labute approximate surface area is 79.5 Å². The number of aromatic amines is 1. The largest absolute Gasteiger partial charge is 0.365 e. The van der Waals surface area contributed by atoms with Gasteiger partial charge in [-0.2, -0.15) is 0 Å². The molecular weight excluding hydrogens is 160 g/mol. The van der Waals surface area contributed by atoms with Crippen LogP contribution in [0.2, 0.25) is 0 Å². The van der Waals surface area contributed by atoms with E-state index in [1.807, 2.05) is 0 Å². The minimum Gasteiger partial charge on any atom is -0.365 e. The first-order valence-corrected chi connectivity index (χ1v) is 4.98. The van der Waals surface area contributed by atoms with E-state index < -0.39 is 0 Å². The van der Waals surface area contributed by atoms with Crippen LogP contribution in [0.3, 0.4) is 0 Å². The molecule has 0 amide bonds. The summed E-state index contributed by atoms with van der Waals surface area (Å²) in [7, 11) is 0. The van der Waals surface area contributed by atoms with Crippen molar-refractivity contribution in [2.75, 3.05) is 0 Å². The maximum atomic E-state index is 6.05. The lowest BCUT2D eigenvalue weighted by atomic mass is 9.87. The van der Waals surface area contributed by atoms with Gasteiger partial charge in [0.15, 0.2) is 0 Å². The van der Waals surface area contributed by atoms with E-state index >= 15 is 0 Å². The monoisotopic (exact) mass is 178 g/mol. The average Bonchev–Trinajstić information content (AvgIpc) is 2.77. The van der Waals surface area contributed by atoms with Crippen molar-refractivity contribution in [2.24, 2.45) is 5.73 Å². The Hall–Kier alpha value is -0.760. The summed E-state index contributed by atoms with van der Waals surface area (Å²) in [4.78, 5) is 3.28. The first-order valence-electron chi connectivity index (χ1n) is 4.98. The Balaban J connectivity index is 2.45. The van der Waals surface area contributed by atoms with Crippen LogP contribution in [0.1, 0.15) is 36.6 Å². The van der Waals surface area contributed by atoms with Crippen LogP contribution < -0.4 is 5.73 Å². The first-order chi connectivity index (χ1) is 6.08. The summed E-state index contributed by atoms with van der Waals surface area (Å²) < 4.78 is 0. The molecular formula is C11H18N2. The number of aromatic nitrogens is 1. The van der Waals surface area contributed by atoms with Gasteiger partial charge in [0.2, 0.25) is 0 Å². The first kappa shape index (κ1) is 8.82. The van der Waals surface area contributed by atoms with Gasteiger partial charge in [0.25, 0.3) is 0 Å². The van der Waals surface area contributed by atoms with Gasteiger partial charge in [-0.1, -0.05) is 0 Å². The predicted octanol–water partition coefficient (Wildman–Crippen LogP) is 2.01. The smallest absolute Gasteiger partial charge is 0.0157 e. The molecule has 0 radical (unpaired) electrons. The molecule has 1 aliphatic rings. The molecule has 1 saturated carbocycles. The van der Waals surface area contributed by atoms with Crippen molar-refractivity contribution in [1.29, 1.82) is 0 Å². The van der Waals surface area contributed by atoms with Crippen LogP contribution in [0.25, 0.3) is 0 Å². The second-order valence-electron chi connectivity index (χ2n) is 4.42. The van der Waals surface area contributed by atoms with Gasteiger partial charge in [0.05, 0.1) is 0 Å². The van der Waals surface area contributed by atoms with Crippen molar-refractivity contribution in [3.8, 4) is 0 Å². The third-order valence-electron chi connectivity index (χ3n) is 3.43. The van der Waals surface area contributed by atoms with E-state index in [1.165, 1.54) is 29.7 Å². The minimum atomic E-state index is 0.278. The van der Waals surface area contributed by atoms with Gasteiger partial charge >= 0.3 is 0 Å². The van der Waals surface area contributed by atoms with Crippen molar-refractivity contribution < 1.29 is 0 Å². The molecule has 13 heavy (non-hydrogen) atoms. The summed E-state index contributed by atoms with van der Waals surface area (Å²) >= 11 is 0. The van der Waals surface area contributed by atoms with Gasteiger partial charge in [-0.15, -0.1) is 0 Å². The molecule has 2 nitrogen and oxygen atoms in total. The second kappa shape index (κ2) is 2.61. The van der Waals surface area contributed by atoms with E-state index in [4.69, 9.17) is 5.73 Å². The lowest BCUT2D eigenvalue weighted by Crippen LogP contribution is -2.32. The average molecular weight is 178 g/mol. The molecule has 0 bridgehead atoms. The highest BCUT2D eigenvalue weighted by atomic mass is 14.8. The van der Waals surface area contributed by atoms with E-state index in [0.717, 1.165) is 0 Å². The van der Waals surface area contributed by atoms with E-state index in [9.17, 15) is 0 Å². The maximum Gasteiger partial charge on any atom is 0.0157 e. The van der Waals surface area contributed by atoms with Crippen LogP contribution in [0, 0.1) is 13.8 Å². The molecule has 1 fully saturated rings. The fourth-order valence-electron chi connectivity index (χ4n) is 2.49. The summed E-state index contributed by atoms with van der Waals surface area (Å²) in [6, 6.07) is 0.278. The van der Waals surface area contributed by atoms with Gasteiger partial charge in [0, 0.05) is 23.3 Å². The fourth-order valence-corrected chi connectivity index (χ4v) is 2.49. The molecule has 0 aliphatic heterocycles. The van der Waals surface area contributed by atoms with Crippen molar-refractivity contribution in [2.45, 2.75) is 45.1 Å². The number of hydrogen-bond donors (Lipinski definition) is 2. The molecule has 0 aromatic carbocycles. The molecule has 1 atom stereocenters. The zero-order valence-electron chi connectivity index (χ0n) is 8.65. The maximum absolute atomic E-state index is 6.05. The van der Waals surface area contributed by atoms with Crippen LogP contribution >= 0.6 is 0 Å². The van der Waals surface area contributed by atoms with Crippen LogP contribution in [0.15, 0.2) is 6.20 Å². The number of aryl methyl sites for hydroxylation is 2. The lowest BCUT2D eigenvalue weighted by Gasteiger charge is -2.21. The van der Waals surface area contributed by atoms with Crippen molar-refractivity contribution in [3.05, 3.63) is 23.0 Å². The number of nitrogens with two attached hydrogens (primary N) is 1. The molecule has 2 rings (SSSR count). The third-order valence-corrected chi connectivity index (χ3v) is 3.43. The zero-order valence-corrected chi connectivity index (χ0v) is 8.65. The minimum absolute atomic E-state index is 0.278. The lowest BCUT2D eigenvalue weighted by molar-refractivity contribution is 0.552. The SMILES string of the molecule is Cc1c[nH]c(C)c1C1(C(C)N)CC1. The Bertz CT molecular complexity index is 299. The highest BCUT2D eigenvalue weighted by Gasteiger charge is 2.49. The summed E-state index contributed by atoms with van der Waals surface area (Å²) in [5.74, 6) is 0. The normalized spacial score (nSPS) is 21.5. The highest BCUT2D eigenvalue weighted by molar-refractivity contribution is 5.42. The van der Waals surface area contributed by atoms with Crippen molar-refractivity contribution in [3.63, 3.8) is 0 Å². The molecule has 1 aliphatic carbocycles. The summed E-state index contributed by atoms with van der Waals surface area (Å²) in [6.07, 6.45) is 4.60. The Morgan fingerprint density at radius 2 is 2.08 bits per heavy atom. The topological polar surface area (TPSA) is 41.8 Å². The highest BCUT2D eigenvalue weighted by Crippen LogP contribution is 2.52. The fraction of sp³-hybridized carbons (Fsp3) is 0.636. The quantitative estimate of drug-likeness (QED) is 0.714. The Morgan fingerprint density at radius 1 is 1.46 bits per heavy atom. The molecule has 72 valence electrons. The number of nitrogens with one attached hydrogen (secondary N) is 1. The number of H-pyrrole nitrogens is 1. The molecule has 0 spiro atoms. The molecule has 1 aromatic rings. The van der Waals surface area contributed by atoms with Crippen LogP contribution in [0.4, 0.5) is 0 Å². The van der Waals surface area contributed by atoms with Crippen LogP contribution in [-0.4, -0.2) is 11.0 Å². The summed E-state index contributed by atoms with van der Waals surface area (Å²) in [5, 5.41) is 0. The van der Waals surface area contributed by atoms with Gasteiger partial charge < -0.3 is 10.7 Å². The third kappa shape index (κ3) is 1.12. The van der Waals surface area contributed by atoms with Gasteiger partial charge in [-0.25, -0.2) is 0 Å².